The van der Waals surface area contributed by atoms with Crippen LogP contribution in [0.3, 0.4) is 0 Å². The summed E-state index contributed by atoms with van der Waals surface area (Å²) in [5.74, 6) is -0.993. The maximum atomic E-state index is 13.5. The van der Waals surface area contributed by atoms with E-state index in [0.29, 0.717) is 17.9 Å². The molecule has 3 rings (SSSR count). The zero-order valence-corrected chi connectivity index (χ0v) is 24.9. The largest absolute Gasteiger partial charge is 0.482 e. The summed E-state index contributed by atoms with van der Waals surface area (Å²) in [6.45, 7) is 9.46. The van der Waals surface area contributed by atoms with E-state index in [0.717, 1.165) is 17.7 Å². The van der Waals surface area contributed by atoms with Crippen molar-refractivity contribution >= 4 is 23.5 Å². The van der Waals surface area contributed by atoms with E-state index >= 15 is 0 Å². The van der Waals surface area contributed by atoms with Gasteiger partial charge in [-0.1, -0.05) is 18.7 Å². The van der Waals surface area contributed by atoms with Crippen molar-refractivity contribution in [2.75, 3.05) is 38.5 Å². The fourth-order valence-corrected chi connectivity index (χ4v) is 4.20. The Morgan fingerprint density at radius 3 is 2.45 bits per heavy atom. The number of benzene rings is 1. The first kappa shape index (κ1) is 33.7. The van der Waals surface area contributed by atoms with Crippen molar-refractivity contribution in [3.63, 3.8) is 0 Å². The highest BCUT2D eigenvalue weighted by Gasteiger charge is 2.33. The number of pyridine rings is 2. The molecule has 3 aromatic rings. The van der Waals surface area contributed by atoms with Crippen molar-refractivity contribution in [3.8, 4) is 5.75 Å². The number of aromatic nitrogens is 2. The first-order valence-corrected chi connectivity index (χ1v) is 13.8. The van der Waals surface area contributed by atoms with Gasteiger partial charge in [-0.2, -0.15) is 13.2 Å². The third-order valence-corrected chi connectivity index (χ3v) is 6.51. The molecule has 0 saturated carbocycles. The van der Waals surface area contributed by atoms with Crippen molar-refractivity contribution in [1.82, 2.24) is 25.5 Å². The third kappa shape index (κ3) is 9.11. The molecule has 0 fully saturated rings. The number of likely N-dealkylation sites (N-methyl/N-ethyl adjacent to an activating group) is 1. The number of carbonyl (C=O) groups excluding carboxylic acids is 3. The number of aryl methyl sites for hydroxylation is 2. The lowest BCUT2D eigenvalue weighted by Gasteiger charge is -2.26. The molecule has 0 saturated heterocycles. The van der Waals surface area contributed by atoms with Crippen LogP contribution in [0.1, 0.15) is 56.3 Å². The topological polar surface area (TPSA) is 126 Å². The van der Waals surface area contributed by atoms with E-state index in [9.17, 15) is 27.6 Å². The highest BCUT2D eigenvalue weighted by molar-refractivity contribution is 6.07. The molecule has 1 aromatic carbocycles. The maximum absolute atomic E-state index is 13.5. The molecule has 0 bridgehead atoms. The van der Waals surface area contributed by atoms with Gasteiger partial charge in [-0.3, -0.25) is 14.4 Å². The molecule has 10 nitrogen and oxygen atoms in total. The van der Waals surface area contributed by atoms with Crippen LogP contribution >= 0.6 is 0 Å². The number of nitrogens with one attached hydrogen (secondary N) is 3. The molecular weight excluding hydrogens is 577 g/mol. The summed E-state index contributed by atoms with van der Waals surface area (Å²) in [5, 5.41) is 8.07. The Labute approximate surface area is 253 Å². The van der Waals surface area contributed by atoms with Gasteiger partial charge in [0.1, 0.15) is 17.3 Å². The molecule has 3 N–H and O–H groups in total. The number of anilines is 1. The van der Waals surface area contributed by atoms with Crippen LogP contribution in [-0.4, -0.2) is 65.8 Å². The van der Waals surface area contributed by atoms with E-state index in [1.54, 1.807) is 51.0 Å². The molecule has 0 aliphatic carbocycles. The minimum Gasteiger partial charge on any atom is -0.482 e. The SMILES string of the molecule is C=CC(=O)NCCN(C)C[C@@H](Oc1cc(C)c(C(=O)Nc2ncccc2C)cc1C(=O)NCC)c1cccc(C(F)(F)F)n1. The predicted molar refractivity (Wildman–Crippen MR) is 159 cm³/mol. The van der Waals surface area contributed by atoms with Crippen LogP contribution < -0.4 is 20.7 Å². The minimum atomic E-state index is -4.69. The van der Waals surface area contributed by atoms with Gasteiger partial charge in [0.05, 0.1) is 11.3 Å². The average Bonchev–Trinajstić information content (AvgIpc) is 2.97. The highest BCUT2D eigenvalue weighted by Crippen LogP contribution is 2.32. The van der Waals surface area contributed by atoms with Crippen LogP contribution in [0.5, 0.6) is 5.75 Å². The van der Waals surface area contributed by atoms with E-state index in [1.807, 2.05) is 0 Å². The lowest BCUT2D eigenvalue weighted by atomic mass is 10.0. The molecule has 44 heavy (non-hydrogen) atoms. The number of hydrogen-bond donors (Lipinski definition) is 3. The second kappa shape index (κ2) is 15.1. The van der Waals surface area contributed by atoms with E-state index in [2.05, 4.69) is 32.5 Å². The lowest BCUT2D eigenvalue weighted by Crippen LogP contribution is -2.35. The van der Waals surface area contributed by atoms with Gasteiger partial charge in [-0.15, -0.1) is 0 Å². The molecule has 2 aromatic heterocycles. The van der Waals surface area contributed by atoms with Gasteiger partial charge in [0.15, 0.2) is 6.10 Å². The second-order valence-corrected chi connectivity index (χ2v) is 9.96. The number of hydrogen-bond acceptors (Lipinski definition) is 7. The van der Waals surface area contributed by atoms with Gasteiger partial charge in [0, 0.05) is 37.9 Å². The number of rotatable bonds is 13. The Kier molecular flexibility index (Phi) is 11.6. The van der Waals surface area contributed by atoms with Crippen molar-refractivity contribution in [1.29, 1.82) is 0 Å². The molecule has 0 spiro atoms. The Balaban J connectivity index is 2.01. The van der Waals surface area contributed by atoms with E-state index in [1.165, 1.54) is 24.3 Å². The third-order valence-electron chi connectivity index (χ3n) is 6.51. The van der Waals surface area contributed by atoms with Gasteiger partial charge >= 0.3 is 6.18 Å². The summed E-state index contributed by atoms with van der Waals surface area (Å²) in [4.78, 5) is 47.7. The molecule has 1 atom stereocenters. The molecule has 0 unspecified atom stereocenters. The molecule has 234 valence electrons. The molecule has 0 radical (unpaired) electrons. The van der Waals surface area contributed by atoms with Crippen LogP contribution in [0.4, 0.5) is 19.0 Å². The first-order chi connectivity index (χ1) is 20.8. The van der Waals surface area contributed by atoms with Crippen molar-refractivity contribution in [2.45, 2.75) is 33.1 Å². The van der Waals surface area contributed by atoms with Crippen LogP contribution in [0, 0.1) is 13.8 Å². The Morgan fingerprint density at radius 1 is 1.05 bits per heavy atom. The van der Waals surface area contributed by atoms with E-state index < -0.39 is 29.8 Å². The Morgan fingerprint density at radius 2 is 1.80 bits per heavy atom. The minimum absolute atomic E-state index is 0.0122. The van der Waals surface area contributed by atoms with Gasteiger partial charge < -0.3 is 25.6 Å². The summed E-state index contributed by atoms with van der Waals surface area (Å²) in [6.07, 6.45) is -3.09. The number of ether oxygens (including phenoxy) is 1. The Hall–Kier alpha value is -4.78. The fraction of sp³-hybridized carbons (Fsp3) is 0.323. The van der Waals surface area contributed by atoms with Crippen LogP contribution in [0.15, 0.2) is 61.3 Å². The zero-order chi connectivity index (χ0) is 32.4. The zero-order valence-electron chi connectivity index (χ0n) is 24.9. The number of halogens is 3. The van der Waals surface area contributed by atoms with E-state index in [-0.39, 0.29) is 48.1 Å². The maximum Gasteiger partial charge on any atom is 0.433 e. The van der Waals surface area contributed by atoms with Gasteiger partial charge in [0.25, 0.3) is 11.8 Å². The van der Waals surface area contributed by atoms with Crippen molar-refractivity contribution < 1.29 is 32.3 Å². The molecule has 0 aliphatic heterocycles. The monoisotopic (exact) mass is 612 g/mol. The quantitative estimate of drug-likeness (QED) is 0.243. The summed E-state index contributed by atoms with van der Waals surface area (Å²) < 4.78 is 46.9. The number of carbonyl (C=O) groups is 3. The molecular formula is C31H35F3N6O4. The summed E-state index contributed by atoms with van der Waals surface area (Å²) in [7, 11) is 1.70. The van der Waals surface area contributed by atoms with Crippen LogP contribution in [0.25, 0.3) is 0 Å². The molecule has 13 heteroatoms. The lowest BCUT2D eigenvalue weighted by molar-refractivity contribution is -0.141. The first-order valence-electron chi connectivity index (χ1n) is 13.8. The summed E-state index contributed by atoms with van der Waals surface area (Å²) >= 11 is 0. The van der Waals surface area contributed by atoms with Crippen molar-refractivity contribution in [3.05, 3.63) is 95.0 Å². The van der Waals surface area contributed by atoms with Crippen LogP contribution in [0.2, 0.25) is 0 Å². The number of amides is 3. The smallest absolute Gasteiger partial charge is 0.433 e. The molecule has 0 aliphatic rings. The van der Waals surface area contributed by atoms with Crippen molar-refractivity contribution in [2.24, 2.45) is 0 Å². The Bertz CT molecular complexity index is 1510. The predicted octanol–water partition coefficient (Wildman–Crippen LogP) is 4.47. The molecule has 3 amide bonds. The number of alkyl halides is 3. The van der Waals surface area contributed by atoms with Gasteiger partial charge in [0.2, 0.25) is 5.91 Å². The van der Waals surface area contributed by atoms with Gasteiger partial charge in [-0.05, 0) is 75.4 Å². The average molecular weight is 613 g/mol. The second-order valence-electron chi connectivity index (χ2n) is 9.96. The standard InChI is InChI=1S/C31H35F3N6O4/c1-6-27(41)36-14-15-40(5)18-25(23-11-8-12-26(38-23)31(32,33)34)44-24-16-20(4)21(17-22(24)29(42)35-7-2)30(43)39-28-19(3)10-9-13-37-28/h6,8-13,16-17,25H,1,7,14-15,18H2,2-5H3,(H,35,42)(H,36,41)(H,37,39,43)/t25-/m1/s1. The number of nitrogens with zero attached hydrogens (tertiary/aromatic N) is 3. The van der Waals surface area contributed by atoms with Gasteiger partial charge in [-0.25, -0.2) is 9.97 Å². The highest BCUT2D eigenvalue weighted by atomic mass is 19.4. The summed E-state index contributed by atoms with van der Waals surface area (Å²) in [5.41, 5.74) is 0.281. The fourth-order valence-electron chi connectivity index (χ4n) is 4.20. The van der Waals surface area contributed by atoms with E-state index in [4.69, 9.17) is 4.74 Å². The summed E-state index contributed by atoms with van der Waals surface area (Å²) in [6, 6.07) is 9.90. The van der Waals surface area contributed by atoms with Crippen LogP contribution in [-0.2, 0) is 11.0 Å². The molecule has 2 heterocycles. The normalized spacial score (nSPS) is 11.9.